The van der Waals surface area contributed by atoms with E-state index in [9.17, 15) is 9.90 Å². The Labute approximate surface area is 114 Å². The summed E-state index contributed by atoms with van der Waals surface area (Å²) in [6.45, 7) is 1.77. The van der Waals surface area contributed by atoms with E-state index < -0.39 is 0 Å². The number of anilines is 1. The number of hydrogen-bond donors (Lipinski definition) is 2. The minimum Gasteiger partial charge on any atom is -0.505 e. The summed E-state index contributed by atoms with van der Waals surface area (Å²) in [6, 6.07) is 2.76. The van der Waals surface area contributed by atoms with E-state index in [0.717, 1.165) is 0 Å². The molecule has 17 heavy (non-hydrogen) atoms. The first-order chi connectivity index (χ1) is 7.82. The van der Waals surface area contributed by atoms with Gasteiger partial charge in [0.25, 0.3) is 0 Å². The Morgan fingerprint density at radius 2 is 2.12 bits per heavy atom. The summed E-state index contributed by atoms with van der Waals surface area (Å²) >= 11 is 9.00. The lowest BCUT2D eigenvalue weighted by molar-refractivity contribution is -0.119. The molecule has 1 atom stereocenters. The third kappa shape index (κ3) is 3.59. The Morgan fingerprint density at radius 3 is 2.65 bits per heavy atom. The van der Waals surface area contributed by atoms with Crippen LogP contribution in [0, 0.1) is 0 Å². The standard InChI is InChI=1S/C11H14BrClN2O2/c1-6(15(2)3)11(17)14-9-5-7(13)4-8(12)10(9)16/h4-6,16H,1-3H3,(H,14,17)/t6-/m0/s1. The summed E-state index contributed by atoms with van der Waals surface area (Å²) in [6.07, 6.45) is 0. The predicted molar refractivity (Wildman–Crippen MR) is 72.6 cm³/mol. The van der Waals surface area contributed by atoms with Crippen LogP contribution < -0.4 is 5.32 Å². The number of nitrogens with one attached hydrogen (secondary N) is 1. The molecule has 0 radical (unpaired) electrons. The number of aromatic hydroxyl groups is 1. The summed E-state index contributed by atoms with van der Waals surface area (Å²) in [5.41, 5.74) is 0.295. The van der Waals surface area contributed by atoms with E-state index in [-0.39, 0.29) is 17.7 Å². The zero-order valence-corrected chi connectivity index (χ0v) is 12.1. The van der Waals surface area contributed by atoms with Gasteiger partial charge in [-0.25, -0.2) is 0 Å². The minimum atomic E-state index is -0.299. The first kappa shape index (κ1) is 14.3. The molecule has 94 valence electrons. The fourth-order valence-corrected chi connectivity index (χ4v) is 1.94. The van der Waals surface area contributed by atoms with E-state index in [2.05, 4.69) is 21.2 Å². The first-order valence-corrected chi connectivity index (χ1v) is 6.15. The van der Waals surface area contributed by atoms with Crippen molar-refractivity contribution in [3.63, 3.8) is 0 Å². The van der Waals surface area contributed by atoms with Gasteiger partial charge in [-0.1, -0.05) is 11.6 Å². The minimum absolute atomic E-state index is 0.0336. The normalized spacial score (nSPS) is 12.6. The lowest BCUT2D eigenvalue weighted by Crippen LogP contribution is -2.37. The van der Waals surface area contributed by atoms with Gasteiger partial charge in [-0.15, -0.1) is 0 Å². The number of carbonyl (C=O) groups excluding carboxylic acids is 1. The molecule has 0 bridgehead atoms. The fraction of sp³-hybridized carbons (Fsp3) is 0.364. The van der Waals surface area contributed by atoms with Gasteiger partial charge in [0, 0.05) is 5.02 Å². The van der Waals surface area contributed by atoms with E-state index in [1.165, 1.54) is 6.07 Å². The summed E-state index contributed by atoms with van der Waals surface area (Å²) < 4.78 is 0.442. The van der Waals surface area contributed by atoms with Crippen molar-refractivity contribution < 1.29 is 9.90 Å². The van der Waals surface area contributed by atoms with Crippen molar-refractivity contribution in [2.45, 2.75) is 13.0 Å². The second-order valence-electron chi connectivity index (χ2n) is 3.91. The van der Waals surface area contributed by atoms with Crippen LogP contribution in [0.15, 0.2) is 16.6 Å². The Balaban J connectivity index is 2.92. The van der Waals surface area contributed by atoms with Gasteiger partial charge in [0.15, 0.2) is 5.75 Å². The molecule has 4 nitrogen and oxygen atoms in total. The second-order valence-corrected chi connectivity index (χ2v) is 5.20. The van der Waals surface area contributed by atoms with Crippen LogP contribution >= 0.6 is 27.5 Å². The van der Waals surface area contributed by atoms with E-state index in [1.54, 1.807) is 32.0 Å². The zero-order chi connectivity index (χ0) is 13.2. The Bertz CT molecular complexity index is 438. The van der Waals surface area contributed by atoms with Crippen LogP contribution in [0.25, 0.3) is 0 Å². The average Bonchev–Trinajstić information content (AvgIpc) is 2.23. The molecular formula is C11H14BrClN2O2. The lowest BCUT2D eigenvalue weighted by atomic mass is 10.2. The quantitative estimate of drug-likeness (QED) is 0.842. The number of likely N-dealkylation sites (N-methyl/N-ethyl adjacent to an activating group) is 1. The molecule has 6 heteroatoms. The highest BCUT2D eigenvalue weighted by molar-refractivity contribution is 9.10. The van der Waals surface area contributed by atoms with Crippen LogP contribution in [0.2, 0.25) is 5.02 Å². The van der Waals surface area contributed by atoms with Crippen LogP contribution in [-0.4, -0.2) is 36.1 Å². The molecule has 0 aromatic heterocycles. The molecule has 0 aliphatic rings. The Morgan fingerprint density at radius 1 is 1.53 bits per heavy atom. The molecule has 1 amide bonds. The summed E-state index contributed by atoms with van der Waals surface area (Å²) in [7, 11) is 3.61. The number of halogens is 2. The highest BCUT2D eigenvalue weighted by Gasteiger charge is 2.17. The van der Waals surface area contributed by atoms with Crippen molar-refractivity contribution >= 4 is 39.1 Å². The van der Waals surface area contributed by atoms with Crippen LogP contribution in [0.3, 0.4) is 0 Å². The molecule has 1 aromatic rings. The molecule has 0 saturated heterocycles. The zero-order valence-electron chi connectivity index (χ0n) is 9.79. The molecule has 0 unspecified atom stereocenters. The number of rotatable bonds is 3. The number of benzene rings is 1. The maximum atomic E-state index is 11.8. The second kappa shape index (κ2) is 5.71. The Kier molecular flexibility index (Phi) is 4.80. The van der Waals surface area contributed by atoms with Crippen LogP contribution in [-0.2, 0) is 4.79 Å². The van der Waals surface area contributed by atoms with Gasteiger partial charge in [-0.3, -0.25) is 9.69 Å². The molecule has 1 aromatic carbocycles. The van der Waals surface area contributed by atoms with Gasteiger partial charge in [-0.05, 0) is 49.1 Å². The number of amides is 1. The Hall–Kier alpha value is -0.780. The molecule has 0 spiro atoms. The van der Waals surface area contributed by atoms with Crippen molar-refractivity contribution in [3.05, 3.63) is 21.6 Å². The number of hydrogen-bond acceptors (Lipinski definition) is 3. The molecule has 0 aliphatic carbocycles. The topological polar surface area (TPSA) is 52.6 Å². The SMILES string of the molecule is C[C@@H](C(=O)Nc1cc(Cl)cc(Br)c1O)N(C)C. The molecule has 0 fully saturated rings. The van der Waals surface area contributed by atoms with Crippen LogP contribution in [0.1, 0.15) is 6.92 Å². The van der Waals surface area contributed by atoms with Gasteiger partial charge >= 0.3 is 0 Å². The summed E-state index contributed by atoms with van der Waals surface area (Å²) in [5, 5.41) is 12.8. The monoisotopic (exact) mass is 320 g/mol. The predicted octanol–water partition coefficient (Wildman–Crippen LogP) is 2.70. The van der Waals surface area contributed by atoms with Gasteiger partial charge in [-0.2, -0.15) is 0 Å². The third-order valence-corrected chi connectivity index (χ3v) is 3.26. The van der Waals surface area contributed by atoms with Gasteiger partial charge in [0.1, 0.15) is 0 Å². The van der Waals surface area contributed by atoms with Gasteiger partial charge in [0.2, 0.25) is 5.91 Å². The van der Waals surface area contributed by atoms with E-state index in [0.29, 0.717) is 15.2 Å². The van der Waals surface area contributed by atoms with Crippen molar-refractivity contribution in [2.24, 2.45) is 0 Å². The first-order valence-electron chi connectivity index (χ1n) is 4.98. The molecule has 2 N–H and O–H groups in total. The highest BCUT2D eigenvalue weighted by Crippen LogP contribution is 2.35. The third-order valence-electron chi connectivity index (χ3n) is 2.44. The number of nitrogens with zero attached hydrogens (tertiary/aromatic N) is 1. The lowest BCUT2D eigenvalue weighted by Gasteiger charge is -2.19. The molecule has 0 saturated carbocycles. The van der Waals surface area contributed by atoms with Crippen molar-refractivity contribution in [3.8, 4) is 5.75 Å². The van der Waals surface area contributed by atoms with Crippen LogP contribution in [0.4, 0.5) is 5.69 Å². The highest BCUT2D eigenvalue weighted by atomic mass is 79.9. The fourth-order valence-electron chi connectivity index (χ4n) is 1.13. The van der Waals surface area contributed by atoms with E-state index >= 15 is 0 Å². The summed E-state index contributed by atoms with van der Waals surface area (Å²) in [4.78, 5) is 13.6. The van der Waals surface area contributed by atoms with Crippen molar-refractivity contribution in [2.75, 3.05) is 19.4 Å². The number of phenolic OH excluding ortho intramolecular Hbond substituents is 1. The van der Waals surface area contributed by atoms with E-state index in [1.807, 2.05) is 0 Å². The van der Waals surface area contributed by atoms with Crippen molar-refractivity contribution in [1.29, 1.82) is 0 Å². The summed E-state index contributed by atoms with van der Waals surface area (Å²) in [5.74, 6) is -0.242. The van der Waals surface area contributed by atoms with Gasteiger partial charge < -0.3 is 10.4 Å². The maximum absolute atomic E-state index is 11.8. The number of phenols is 1. The molecular weight excluding hydrogens is 307 g/mol. The van der Waals surface area contributed by atoms with E-state index in [4.69, 9.17) is 11.6 Å². The molecule has 0 aliphatic heterocycles. The largest absolute Gasteiger partial charge is 0.505 e. The van der Waals surface area contributed by atoms with Crippen LogP contribution in [0.5, 0.6) is 5.75 Å². The van der Waals surface area contributed by atoms with Gasteiger partial charge in [0.05, 0.1) is 16.2 Å². The maximum Gasteiger partial charge on any atom is 0.241 e. The number of carbonyl (C=O) groups is 1. The average molecular weight is 322 g/mol. The molecule has 0 heterocycles. The molecule has 1 rings (SSSR count). The smallest absolute Gasteiger partial charge is 0.241 e. The van der Waals surface area contributed by atoms with Crippen molar-refractivity contribution in [1.82, 2.24) is 4.90 Å².